The third kappa shape index (κ3) is 24.7. The maximum atomic E-state index is 14.7. The Labute approximate surface area is 698 Å². The van der Waals surface area contributed by atoms with Gasteiger partial charge in [0.25, 0.3) is 16.7 Å². The monoisotopic (exact) mass is 1880 g/mol. The number of imidazole rings is 1. The van der Waals surface area contributed by atoms with Gasteiger partial charge in [-0.25, -0.2) is 28.7 Å². The Morgan fingerprint density at radius 3 is 1.68 bits per heavy atom. The van der Waals surface area contributed by atoms with Crippen molar-refractivity contribution in [3.05, 3.63) is 126 Å². The zero-order chi connectivity index (χ0) is 85.6. The first-order chi connectivity index (χ1) is 55.6. The van der Waals surface area contributed by atoms with Crippen LogP contribution in [-0.2, 0) is 123 Å². The lowest BCUT2D eigenvalue weighted by molar-refractivity contribution is -0.142. The largest absolute Gasteiger partial charge is 0.394 e. The van der Waals surface area contributed by atoms with E-state index in [4.69, 9.17) is 137 Å². The van der Waals surface area contributed by atoms with Crippen molar-refractivity contribution < 1.29 is 103 Å². The van der Waals surface area contributed by atoms with Gasteiger partial charge in [-0.15, -0.1) is 0 Å². The Hall–Kier alpha value is -5.49. The molecule has 5 saturated heterocycles. The molecule has 19 atom stereocenters. The van der Waals surface area contributed by atoms with Crippen molar-refractivity contribution in [3.8, 4) is 0 Å². The van der Waals surface area contributed by atoms with Gasteiger partial charge < -0.3 is 113 Å². The number of H-pyrrole nitrogens is 3. The summed E-state index contributed by atoms with van der Waals surface area (Å²) in [5, 5.41) is 13.1. The van der Waals surface area contributed by atoms with E-state index >= 15 is 0 Å². The van der Waals surface area contributed by atoms with Crippen LogP contribution in [0.15, 0.2) is 81.3 Å². The first kappa shape index (κ1) is 93.2. The Morgan fingerprint density at radius 1 is 0.619 bits per heavy atom. The van der Waals surface area contributed by atoms with Crippen LogP contribution in [0.5, 0.6) is 0 Å². The predicted octanol–water partition coefficient (Wildman–Crippen LogP) is 1.01. The normalized spacial score (nSPS) is 27.0. The number of aromatic amines is 3. The van der Waals surface area contributed by atoms with Crippen LogP contribution in [0, 0.1) is 12.8 Å². The highest BCUT2D eigenvalue weighted by Crippen LogP contribution is 2.59. The fraction of sp³-hybridized carbons (Fsp3) is 0.651. The molecule has 0 aromatic carbocycles. The summed E-state index contributed by atoms with van der Waals surface area (Å²) in [7, 11) is 0. The van der Waals surface area contributed by atoms with Crippen molar-refractivity contribution in [3.63, 3.8) is 0 Å². The summed E-state index contributed by atoms with van der Waals surface area (Å²) >= 11 is 24.7. The summed E-state index contributed by atoms with van der Waals surface area (Å²) < 4.78 is 125. The molecular weight excluding hydrogens is 1790 g/mol. The molecule has 15 N–H and O–H groups in total. The molecular formula is C63H92BrN17O29P4S4. The number of ether oxygens (including phenoxy) is 8. The standard InChI is InChI=1S/C63H92BrN17O29P4S4/c1-32-17-47(77-10-7-44(66)71-58(77)87)102-40(32)26-100-114(118,96-16-15-95-14-13-94-12-9-69-46(83)22-62(3,4)110-63(5,6)30-65)109-38-21-49(79-23-33(2)54(84)75-60(79)89)104-43(38)29-99-113(93,117)108-37-20-51(81-31-70-52-53(81)73-57(68)74-56(52)86)105-42(37)28-98-112(92,116)107-36-19-48(78-11-8-45(67)72-59(78)88)103-41(36)27-97-111(91,115)106-35-18-50(101-39(35)25-82)80-24-34(64)55(85)76-61(80)90/h7-8,10-11,23-24,31-32,35-43,47-51,82H,9,12-22,25-30,65H2,1-6H3,(H,69,83)(H,91,115)(H,92,116)(H,93,117)(H2,66,71,87)(H2,67,72,88)(H,75,84,89)(H,76,85,90)(H3,68,73,74,86)/t32-,35-,36-,37-,38-,39?,40?,41?,42?,43?,47-,48-,49-,50-,51-,111?,112?,113?,114?/m1/s1. The molecule has 5 aliphatic rings. The molecule has 6 aromatic rings. The van der Waals surface area contributed by atoms with E-state index in [1.165, 1.54) is 59.3 Å². The van der Waals surface area contributed by atoms with Crippen LogP contribution in [0.1, 0.15) is 110 Å². The number of anilines is 3. The molecule has 118 heavy (non-hydrogen) atoms. The smallest absolute Gasteiger partial charge is 0.386 e. The Balaban J connectivity index is 0.787. The van der Waals surface area contributed by atoms with Gasteiger partial charge in [-0.05, 0) is 110 Å². The van der Waals surface area contributed by atoms with Gasteiger partial charge in [0.05, 0.1) is 119 Å². The van der Waals surface area contributed by atoms with Gasteiger partial charge >= 0.3 is 49.7 Å². The number of aryl methyl sites for hydroxylation is 1. The van der Waals surface area contributed by atoms with Gasteiger partial charge in [-0.1, -0.05) is 19.2 Å². The van der Waals surface area contributed by atoms with Crippen molar-refractivity contribution in [2.24, 2.45) is 11.7 Å². The summed E-state index contributed by atoms with van der Waals surface area (Å²) in [6, 6.07) is 2.75. The second-order valence-electron chi connectivity index (χ2n) is 29.0. The molecule has 11 heterocycles. The zero-order valence-electron chi connectivity index (χ0n) is 64.1. The van der Waals surface area contributed by atoms with Crippen LogP contribution in [0.25, 0.3) is 11.2 Å². The number of halogens is 1. The van der Waals surface area contributed by atoms with E-state index in [2.05, 4.69) is 68.4 Å². The lowest BCUT2D eigenvalue weighted by atomic mass is 10.0. The predicted molar refractivity (Wildman–Crippen MR) is 433 cm³/mol. The Morgan fingerprint density at radius 2 is 1.10 bits per heavy atom. The minimum absolute atomic E-state index is 0.00940. The first-order valence-corrected chi connectivity index (χ1v) is 47.8. The number of nitrogens with one attached hydrogen (secondary N) is 4. The number of aliphatic hydroxyl groups is 1. The Bertz CT molecular complexity index is 5220. The van der Waals surface area contributed by atoms with Crippen molar-refractivity contribution in [2.45, 2.75) is 177 Å². The molecule has 0 bridgehead atoms. The summed E-state index contributed by atoms with van der Waals surface area (Å²) in [5.41, 5.74) is 16.5. The number of thiol groups is 1. The highest BCUT2D eigenvalue weighted by atomic mass is 79.9. The summed E-state index contributed by atoms with van der Waals surface area (Å²) in [5.74, 6) is -0.922. The minimum atomic E-state index is -4.75. The number of fused-ring (bicyclic) bond motifs is 1. The highest BCUT2D eigenvalue weighted by molar-refractivity contribution is 9.10. The van der Waals surface area contributed by atoms with Crippen LogP contribution in [0.2, 0.25) is 0 Å². The van der Waals surface area contributed by atoms with Crippen LogP contribution >= 0.6 is 55.1 Å². The highest BCUT2D eigenvalue weighted by Gasteiger charge is 2.49. The van der Waals surface area contributed by atoms with E-state index in [0.29, 0.717) is 6.42 Å². The average Bonchev–Trinajstić information content (AvgIpc) is 1.63. The quantitative estimate of drug-likeness (QED) is 0.0145. The molecule has 0 spiro atoms. The maximum Gasteiger partial charge on any atom is 0.386 e. The van der Waals surface area contributed by atoms with Crippen LogP contribution in [0.3, 0.4) is 0 Å². The average molecular weight is 1880 g/mol. The maximum absolute atomic E-state index is 14.7. The second kappa shape index (κ2) is 39.6. The molecule has 0 aliphatic carbocycles. The molecule has 46 nitrogen and oxygen atoms in total. The van der Waals surface area contributed by atoms with E-state index in [1.54, 1.807) is 13.8 Å². The van der Waals surface area contributed by atoms with Crippen LogP contribution < -0.4 is 67.7 Å². The number of aliphatic hydroxyl groups excluding tert-OH is 1. The molecule has 1 amide bonds. The van der Waals surface area contributed by atoms with Gasteiger partial charge in [0, 0.05) is 69.1 Å². The third-order valence-electron chi connectivity index (χ3n) is 18.9. The van der Waals surface area contributed by atoms with Crippen molar-refractivity contribution in [1.29, 1.82) is 0 Å². The van der Waals surface area contributed by atoms with Crippen molar-refractivity contribution in [2.75, 3.05) is 96.4 Å². The van der Waals surface area contributed by atoms with Gasteiger partial charge in [0.2, 0.25) is 11.9 Å². The van der Waals surface area contributed by atoms with Crippen LogP contribution in [-0.4, -0.2) is 224 Å². The molecule has 11 rings (SSSR count). The SMILES string of the molecule is Cc1cn([C@H]2C[C@@H](OP(=S)(OCCOCCOCCNC(=O)CC(C)(C)OC(C)(C)CN)OCC3O[C@@H](n4ccc(N)nc4=O)C[C@H]3C)C(COP(O)(=S)O[C@@H]3C[C@H](n4cnc5c(=O)[nH]c(N)nc54)OC3COP(=O)(S)O[C@@H]3C[C@H](n4ccc(N)nc4=O)OC3COP(O)(=S)O[C@@H]3C[C@H](n4cc(Br)c(=O)[nH]c4=O)OC3CO)O2)c(=O)[nH]c1=O. The molecule has 6 aromatic heterocycles. The number of nitrogens with zero attached hydrogens (tertiary/aromatic N) is 9. The summed E-state index contributed by atoms with van der Waals surface area (Å²) in [6.45, 7) is -9.91. The number of rotatable bonds is 41. The fourth-order valence-electron chi connectivity index (χ4n) is 13.3. The number of amides is 1. The summed E-state index contributed by atoms with van der Waals surface area (Å²) in [4.78, 5) is 150. The van der Waals surface area contributed by atoms with E-state index in [0.717, 1.165) is 13.7 Å². The molecule has 654 valence electrons. The Kier molecular flexibility index (Phi) is 31.3. The fourth-order valence-corrected chi connectivity index (χ4v) is 20.2. The van der Waals surface area contributed by atoms with Crippen molar-refractivity contribution in [1.82, 2.24) is 63.0 Å². The number of hydrogen-bond donors (Lipinski definition) is 12. The number of nitrogens with two attached hydrogens (primary N) is 4. The van der Waals surface area contributed by atoms with E-state index < -0.39 is 190 Å². The summed E-state index contributed by atoms with van der Waals surface area (Å²) in [6.07, 6.45) is -11.2. The molecule has 9 unspecified atom stereocenters. The van der Waals surface area contributed by atoms with Gasteiger partial charge in [-0.2, -0.15) is 15.0 Å². The number of aromatic nitrogens is 12. The minimum Gasteiger partial charge on any atom is -0.394 e. The third-order valence-corrected chi connectivity index (χ3v) is 26.7. The molecule has 55 heteroatoms. The van der Waals surface area contributed by atoms with E-state index in [1.807, 2.05) is 20.8 Å². The van der Waals surface area contributed by atoms with Gasteiger partial charge in [-0.3, -0.25) is 66.0 Å². The first-order valence-electron chi connectivity index (χ1n) is 36.6. The number of carbonyl (C=O) groups excluding carboxylic acids is 1. The molecule has 0 radical (unpaired) electrons. The number of nitrogen functional groups attached to an aromatic ring is 3. The zero-order valence-corrected chi connectivity index (χ0v) is 72.6. The van der Waals surface area contributed by atoms with E-state index in [9.17, 15) is 57.8 Å². The lowest BCUT2D eigenvalue weighted by Gasteiger charge is -2.35. The number of carbonyl (C=O) groups is 1. The molecule has 5 aliphatic heterocycles. The second-order valence-corrected chi connectivity index (χ2v) is 41.3. The molecule has 0 saturated carbocycles. The van der Waals surface area contributed by atoms with Crippen molar-refractivity contribution >= 4 is 125 Å². The topological polar surface area (TPSA) is 611 Å². The van der Waals surface area contributed by atoms with Crippen LogP contribution in [0.4, 0.5) is 17.6 Å². The van der Waals surface area contributed by atoms with E-state index in [-0.39, 0.29) is 135 Å². The number of hydrogen-bond acceptors (Lipinski definition) is 38. The molecule has 5 fully saturated rings. The lowest BCUT2D eigenvalue weighted by Crippen LogP contribution is -2.44. The van der Waals surface area contributed by atoms with Gasteiger partial charge in [0.1, 0.15) is 73.3 Å². The van der Waals surface area contributed by atoms with Gasteiger partial charge in [0.15, 0.2) is 11.2 Å².